The average molecular weight is 534 g/mol. The topological polar surface area (TPSA) is 104 Å². The second-order valence-electron chi connectivity index (χ2n) is 8.05. The van der Waals surface area contributed by atoms with Crippen molar-refractivity contribution in [2.24, 2.45) is 0 Å². The second-order valence-corrected chi connectivity index (χ2v) is 9.45. The number of hydrogen-bond donors (Lipinski definition) is 2. The summed E-state index contributed by atoms with van der Waals surface area (Å²) in [6.45, 7) is 3.72. The zero-order chi connectivity index (χ0) is 26.4. The van der Waals surface area contributed by atoms with Crippen molar-refractivity contribution in [2.45, 2.75) is 19.8 Å². The van der Waals surface area contributed by atoms with Gasteiger partial charge in [-0.1, -0.05) is 59.8 Å². The molecule has 3 aromatic rings. The molecule has 0 unspecified atom stereocenters. The van der Waals surface area contributed by atoms with Crippen LogP contribution in [-0.4, -0.2) is 24.2 Å². The minimum Gasteiger partial charge on any atom is -0.468 e. The van der Waals surface area contributed by atoms with Crippen LogP contribution in [0.3, 0.4) is 0 Å². The highest BCUT2D eigenvalue weighted by Crippen LogP contribution is 2.43. The number of esters is 1. The first-order valence-corrected chi connectivity index (χ1v) is 12.9. The number of carbonyl (C=O) groups is 2. The first-order valence-electron chi connectivity index (χ1n) is 11.5. The Balaban J connectivity index is 1.71. The number of rotatable bonds is 8. The molecule has 7 nitrogen and oxygen atoms in total. The van der Waals surface area contributed by atoms with Crippen molar-refractivity contribution in [1.29, 1.82) is 5.26 Å². The van der Waals surface area contributed by atoms with E-state index >= 15 is 0 Å². The van der Waals surface area contributed by atoms with Gasteiger partial charge in [-0.25, -0.2) is 4.79 Å². The number of benzene rings is 2. The number of dihydropyridines is 1. The largest absolute Gasteiger partial charge is 0.468 e. The first kappa shape index (κ1) is 26.1. The Morgan fingerprint density at radius 3 is 2.62 bits per heavy atom. The van der Waals surface area contributed by atoms with Gasteiger partial charge in [-0.3, -0.25) is 4.79 Å². The molecule has 0 saturated carbocycles. The van der Waals surface area contributed by atoms with Gasteiger partial charge in [0, 0.05) is 10.7 Å². The van der Waals surface area contributed by atoms with Crippen molar-refractivity contribution in [3.05, 3.63) is 105 Å². The van der Waals surface area contributed by atoms with Gasteiger partial charge in [0.25, 0.3) is 0 Å². The van der Waals surface area contributed by atoms with Gasteiger partial charge in [-0.2, -0.15) is 5.26 Å². The molecule has 9 heteroatoms. The Kier molecular flexibility index (Phi) is 8.39. The average Bonchev–Trinajstić information content (AvgIpc) is 3.44. The lowest BCUT2D eigenvalue weighted by Crippen LogP contribution is -2.29. The number of thioether (sulfide) groups is 1. The second kappa shape index (κ2) is 11.9. The number of hydrogen-bond acceptors (Lipinski definition) is 7. The molecule has 2 N–H and O–H groups in total. The Morgan fingerprint density at radius 2 is 1.95 bits per heavy atom. The van der Waals surface area contributed by atoms with Crippen molar-refractivity contribution in [1.82, 2.24) is 5.32 Å². The monoisotopic (exact) mass is 533 g/mol. The molecule has 4 rings (SSSR count). The number of nitrogens with one attached hydrogen (secondary N) is 2. The lowest BCUT2D eigenvalue weighted by molar-refractivity contribution is -0.138. The van der Waals surface area contributed by atoms with Crippen LogP contribution in [0.1, 0.15) is 29.7 Å². The number of carbonyl (C=O) groups excluding carboxylic acids is 2. The van der Waals surface area contributed by atoms with Gasteiger partial charge in [-0.15, -0.1) is 0 Å². The van der Waals surface area contributed by atoms with Crippen LogP contribution in [-0.2, 0) is 14.3 Å². The summed E-state index contributed by atoms with van der Waals surface area (Å²) in [4.78, 5) is 26.0. The number of ether oxygens (including phenoxy) is 1. The molecule has 1 aromatic heterocycles. The predicted octanol–water partition coefficient (Wildman–Crippen LogP) is 6.01. The summed E-state index contributed by atoms with van der Waals surface area (Å²) in [5.74, 6) is -1.19. The van der Waals surface area contributed by atoms with Crippen LogP contribution in [0.2, 0.25) is 5.02 Å². The van der Waals surface area contributed by atoms with Crippen LogP contribution in [0.4, 0.5) is 5.69 Å². The van der Waals surface area contributed by atoms with Crippen molar-refractivity contribution < 1.29 is 18.7 Å². The first-order chi connectivity index (χ1) is 17.9. The van der Waals surface area contributed by atoms with Crippen molar-refractivity contribution in [2.75, 3.05) is 17.7 Å². The summed E-state index contributed by atoms with van der Waals surface area (Å²) in [7, 11) is 0. The molecular weight excluding hydrogens is 510 g/mol. The molecule has 0 radical (unpaired) electrons. The van der Waals surface area contributed by atoms with E-state index in [1.807, 2.05) is 37.3 Å². The van der Waals surface area contributed by atoms with E-state index in [0.717, 1.165) is 11.1 Å². The fraction of sp³-hybridized carbons (Fsp3) is 0.179. The van der Waals surface area contributed by atoms with E-state index in [1.54, 1.807) is 37.3 Å². The summed E-state index contributed by atoms with van der Waals surface area (Å²) in [5, 5.41) is 17.3. The van der Waals surface area contributed by atoms with E-state index in [9.17, 15) is 14.9 Å². The third-order valence-corrected chi connectivity index (χ3v) is 7.15. The molecule has 1 atom stereocenters. The lowest BCUT2D eigenvalue weighted by Gasteiger charge is -2.29. The Morgan fingerprint density at radius 1 is 1.16 bits per heavy atom. The molecule has 2 aromatic carbocycles. The minimum atomic E-state index is -0.809. The van der Waals surface area contributed by atoms with E-state index in [0.29, 0.717) is 27.2 Å². The van der Waals surface area contributed by atoms with E-state index < -0.39 is 11.9 Å². The fourth-order valence-electron chi connectivity index (χ4n) is 3.97. The zero-order valence-corrected chi connectivity index (χ0v) is 21.8. The number of amides is 1. The standard InChI is InChI=1S/C28H24ClN3O4S/c1-3-35-28(34)25-24(22-13-8-14-36-22)19(15-30)27(32-26(25)18-9-5-4-6-10-18)37-16-23(33)31-21-12-7-11-20(29)17(21)2/h4-14,24,32H,3,16H2,1-2H3,(H,31,33)/t24-/m0/s1. The van der Waals surface area contributed by atoms with E-state index in [4.69, 9.17) is 20.8 Å². The van der Waals surface area contributed by atoms with Crippen molar-refractivity contribution in [3.8, 4) is 6.07 Å². The molecule has 2 heterocycles. The molecule has 0 aliphatic carbocycles. The molecule has 0 fully saturated rings. The van der Waals surface area contributed by atoms with Gasteiger partial charge in [0.2, 0.25) is 5.91 Å². The van der Waals surface area contributed by atoms with E-state index in [-0.39, 0.29) is 29.4 Å². The highest BCUT2D eigenvalue weighted by molar-refractivity contribution is 8.03. The van der Waals surface area contributed by atoms with Crippen molar-refractivity contribution >= 4 is 46.6 Å². The predicted molar refractivity (Wildman–Crippen MR) is 144 cm³/mol. The molecule has 0 bridgehead atoms. The summed E-state index contributed by atoms with van der Waals surface area (Å²) in [6, 6.07) is 20.2. The molecule has 1 aliphatic heterocycles. The maximum atomic E-state index is 13.2. The lowest BCUT2D eigenvalue weighted by atomic mass is 9.84. The normalized spacial score (nSPS) is 15.1. The summed E-state index contributed by atoms with van der Waals surface area (Å²) in [5.41, 5.74) is 3.13. The van der Waals surface area contributed by atoms with Gasteiger partial charge < -0.3 is 19.8 Å². The molecule has 37 heavy (non-hydrogen) atoms. The SMILES string of the molecule is CCOC(=O)C1=C(c2ccccc2)NC(SCC(=O)Nc2cccc(Cl)c2C)=C(C#N)[C@H]1c1ccco1. The molecule has 1 aliphatic rings. The van der Waals surface area contributed by atoms with Crippen LogP contribution in [0.5, 0.6) is 0 Å². The third-order valence-electron chi connectivity index (χ3n) is 5.73. The smallest absolute Gasteiger partial charge is 0.337 e. The molecular formula is C28H24ClN3O4S. The number of anilines is 1. The molecule has 0 spiro atoms. The van der Waals surface area contributed by atoms with E-state index in [1.165, 1.54) is 18.0 Å². The molecule has 0 saturated heterocycles. The van der Waals surface area contributed by atoms with Crippen LogP contribution < -0.4 is 10.6 Å². The molecule has 1 amide bonds. The van der Waals surface area contributed by atoms with Crippen LogP contribution in [0.15, 0.2) is 87.5 Å². The maximum Gasteiger partial charge on any atom is 0.337 e. The number of nitrogens with zero attached hydrogens (tertiary/aromatic N) is 1. The zero-order valence-electron chi connectivity index (χ0n) is 20.2. The minimum absolute atomic E-state index is 0.0150. The number of furan rings is 1. The maximum absolute atomic E-state index is 13.2. The summed E-state index contributed by atoms with van der Waals surface area (Å²) in [6.07, 6.45) is 1.49. The van der Waals surface area contributed by atoms with Crippen LogP contribution in [0, 0.1) is 18.3 Å². The van der Waals surface area contributed by atoms with E-state index in [2.05, 4.69) is 16.7 Å². The Labute approximate surface area is 224 Å². The van der Waals surface area contributed by atoms with Gasteiger partial charge in [-0.05, 0) is 49.2 Å². The summed E-state index contributed by atoms with van der Waals surface area (Å²) < 4.78 is 11.1. The Hall–Kier alpha value is -3.93. The number of nitriles is 1. The quantitative estimate of drug-likeness (QED) is 0.342. The highest BCUT2D eigenvalue weighted by atomic mass is 35.5. The summed E-state index contributed by atoms with van der Waals surface area (Å²) >= 11 is 7.34. The third kappa shape index (κ3) is 5.74. The number of allylic oxidation sites excluding steroid dienone is 1. The number of halogens is 1. The van der Waals surface area contributed by atoms with Crippen LogP contribution in [0.25, 0.3) is 5.70 Å². The van der Waals surface area contributed by atoms with Gasteiger partial charge >= 0.3 is 5.97 Å². The Bertz CT molecular complexity index is 1410. The van der Waals surface area contributed by atoms with Gasteiger partial charge in [0.15, 0.2) is 0 Å². The van der Waals surface area contributed by atoms with Gasteiger partial charge in [0.1, 0.15) is 5.76 Å². The molecule has 188 valence electrons. The fourth-order valence-corrected chi connectivity index (χ4v) is 4.98. The van der Waals surface area contributed by atoms with Crippen LogP contribution >= 0.6 is 23.4 Å². The van der Waals surface area contributed by atoms with Crippen molar-refractivity contribution in [3.63, 3.8) is 0 Å². The highest BCUT2D eigenvalue weighted by Gasteiger charge is 2.38. The van der Waals surface area contributed by atoms with Gasteiger partial charge in [0.05, 0.1) is 52.5 Å².